The van der Waals surface area contributed by atoms with Gasteiger partial charge in [-0.3, -0.25) is 19.8 Å². The molecule has 6 rings (SSSR count). The maximum Gasteiger partial charge on any atom is 0.323 e. The van der Waals surface area contributed by atoms with E-state index in [0.717, 1.165) is 47.5 Å². The first-order chi connectivity index (χ1) is 27.0. The Morgan fingerprint density at radius 2 is 1.61 bits per heavy atom. The van der Waals surface area contributed by atoms with E-state index in [-0.39, 0.29) is 19.8 Å². The molecule has 2 aromatic heterocycles. The topological polar surface area (TPSA) is 147 Å². The highest BCUT2D eigenvalue weighted by Crippen LogP contribution is 2.37. The number of carboxylic acids is 1. The molecule has 0 aliphatic heterocycles. The van der Waals surface area contributed by atoms with Crippen molar-refractivity contribution in [3.63, 3.8) is 0 Å². The van der Waals surface area contributed by atoms with E-state index in [1.54, 1.807) is 44.4 Å². The van der Waals surface area contributed by atoms with Gasteiger partial charge in [-0.2, -0.15) is 5.26 Å². The molecule has 286 valence electrons. The maximum atomic E-state index is 11.8. The summed E-state index contributed by atoms with van der Waals surface area (Å²) < 4.78 is 14.4. The lowest BCUT2D eigenvalue weighted by molar-refractivity contribution is -0.143. The van der Waals surface area contributed by atoms with Gasteiger partial charge in [0.25, 0.3) is 0 Å². The van der Waals surface area contributed by atoms with Crippen LogP contribution in [-0.4, -0.2) is 43.1 Å². The number of nitrogens with one attached hydrogen (secondary N) is 2. The van der Waals surface area contributed by atoms with Crippen LogP contribution in [0.3, 0.4) is 0 Å². The summed E-state index contributed by atoms with van der Waals surface area (Å²) in [6.07, 6.45) is 6.66. The average molecular weight is 770 g/mol. The molecule has 0 unspecified atom stereocenters. The standard InChI is InChI=1S/C44H44ClN7O4/c1-29-35(28-56-42-21-41(55-27-33-19-32(22-46)24-48-25-33)36(20-40(42)45)26-49-44(3,4)43(53)54)7-5-9-38(29)39-10-6-8-37(30(39)2)34-13-11-31(12-14-34)23-47-15-17-52-18-16-50-51-52/h5-14,16,18-21,24-25,47,49H,15,17,23,26-28H2,1-4H3,(H,53,54). The maximum absolute atomic E-state index is 11.8. The molecule has 0 aliphatic carbocycles. The molecule has 4 aromatic carbocycles. The van der Waals surface area contributed by atoms with Crippen molar-refractivity contribution in [1.29, 1.82) is 5.26 Å². The monoisotopic (exact) mass is 769 g/mol. The Balaban J connectivity index is 1.18. The Kier molecular flexibility index (Phi) is 12.8. The lowest BCUT2D eigenvalue weighted by atomic mass is 9.89. The van der Waals surface area contributed by atoms with Crippen LogP contribution in [-0.2, 0) is 37.6 Å². The molecule has 0 atom stereocenters. The van der Waals surface area contributed by atoms with E-state index >= 15 is 0 Å². The Bertz CT molecular complexity index is 2340. The fourth-order valence-electron chi connectivity index (χ4n) is 6.25. The zero-order chi connectivity index (χ0) is 39.7. The number of pyridine rings is 1. The third kappa shape index (κ3) is 9.78. The summed E-state index contributed by atoms with van der Waals surface area (Å²) >= 11 is 6.78. The third-order valence-electron chi connectivity index (χ3n) is 9.73. The van der Waals surface area contributed by atoms with Crippen LogP contribution in [0.2, 0.25) is 5.02 Å². The summed E-state index contributed by atoms with van der Waals surface area (Å²) in [4.78, 5) is 15.9. The number of carboxylic acid groups (broad SMARTS) is 1. The Hall–Kier alpha value is -6.06. The number of carbonyl (C=O) groups is 1. The number of aliphatic carboxylic acids is 1. The van der Waals surface area contributed by atoms with Crippen LogP contribution in [0.1, 0.15) is 52.8 Å². The first kappa shape index (κ1) is 39.6. The summed E-state index contributed by atoms with van der Waals surface area (Å²) in [6.45, 7) is 10.3. The lowest BCUT2D eigenvalue weighted by Crippen LogP contribution is -2.46. The van der Waals surface area contributed by atoms with E-state index in [1.165, 1.54) is 22.9 Å². The quantitative estimate of drug-likeness (QED) is 0.0779. The first-order valence-corrected chi connectivity index (χ1v) is 18.6. The molecule has 0 saturated heterocycles. The van der Waals surface area contributed by atoms with E-state index in [4.69, 9.17) is 21.1 Å². The molecule has 0 bridgehead atoms. The molecule has 0 amide bonds. The van der Waals surface area contributed by atoms with Gasteiger partial charge in [0.15, 0.2) is 0 Å². The van der Waals surface area contributed by atoms with Gasteiger partial charge in [0, 0.05) is 55.4 Å². The Morgan fingerprint density at radius 3 is 2.34 bits per heavy atom. The number of halogens is 1. The molecule has 0 aliphatic rings. The molecule has 11 nitrogen and oxygen atoms in total. The molecule has 0 radical (unpaired) electrons. The molecular weight excluding hydrogens is 726 g/mol. The number of ether oxygens (including phenoxy) is 2. The smallest absolute Gasteiger partial charge is 0.323 e. The van der Waals surface area contributed by atoms with Gasteiger partial charge >= 0.3 is 5.97 Å². The average Bonchev–Trinajstić information content (AvgIpc) is 3.73. The van der Waals surface area contributed by atoms with Crippen molar-refractivity contribution >= 4 is 17.6 Å². The second-order valence-corrected chi connectivity index (χ2v) is 14.5. The molecule has 2 heterocycles. The summed E-state index contributed by atoms with van der Waals surface area (Å²) in [5.41, 5.74) is 9.66. The van der Waals surface area contributed by atoms with Crippen molar-refractivity contribution in [3.05, 3.63) is 148 Å². The zero-order valence-corrected chi connectivity index (χ0v) is 32.6. The minimum Gasteiger partial charge on any atom is -0.488 e. The summed E-state index contributed by atoms with van der Waals surface area (Å²) in [6, 6.07) is 28.6. The van der Waals surface area contributed by atoms with Crippen LogP contribution >= 0.6 is 11.6 Å². The molecule has 0 saturated carbocycles. The normalized spacial score (nSPS) is 11.3. The van der Waals surface area contributed by atoms with E-state index in [2.05, 4.69) is 94.4 Å². The second kappa shape index (κ2) is 18.0. The fraction of sp³-hybridized carbons (Fsp3) is 0.250. The summed E-state index contributed by atoms with van der Waals surface area (Å²) in [5.74, 6) is -0.103. The number of hydrogen-bond donors (Lipinski definition) is 3. The highest BCUT2D eigenvalue weighted by molar-refractivity contribution is 6.32. The molecule has 6 aromatic rings. The van der Waals surface area contributed by atoms with Crippen LogP contribution in [0.5, 0.6) is 11.5 Å². The molecule has 0 fully saturated rings. The molecule has 3 N–H and O–H groups in total. The van der Waals surface area contributed by atoms with E-state index < -0.39 is 11.5 Å². The predicted molar refractivity (Wildman–Crippen MR) is 216 cm³/mol. The van der Waals surface area contributed by atoms with E-state index in [9.17, 15) is 15.2 Å². The number of rotatable bonds is 17. The van der Waals surface area contributed by atoms with Gasteiger partial charge in [0.2, 0.25) is 0 Å². The van der Waals surface area contributed by atoms with Crippen LogP contribution in [0.15, 0.2) is 104 Å². The van der Waals surface area contributed by atoms with Gasteiger partial charge in [0.05, 0.1) is 23.3 Å². The summed E-state index contributed by atoms with van der Waals surface area (Å²) in [7, 11) is 0. The third-order valence-corrected chi connectivity index (χ3v) is 10.0. The number of nitrogens with zero attached hydrogens (tertiary/aromatic N) is 5. The first-order valence-electron chi connectivity index (χ1n) is 18.3. The van der Waals surface area contributed by atoms with Crippen molar-refractivity contribution in [1.82, 2.24) is 30.6 Å². The highest BCUT2D eigenvalue weighted by Gasteiger charge is 2.27. The van der Waals surface area contributed by atoms with E-state index in [1.807, 2.05) is 23.0 Å². The van der Waals surface area contributed by atoms with Crippen LogP contribution in [0.25, 0.3) is 22.3 Å². The zero-order valence-electron chi connectivity index (χ0n) is 31.8. The summed E-state index contributed by atoms with van der Waals surface area (Å²) in [5, 5.41) is 33.7. The van der Waals surface area contributed by atoms with Crippen molar-refractivity contribution in [2.75, 3.05) is 6.54 Å². The van der Waals surface area contributed by atoms with Gasteiger partial charge in [-0.05, 0) is 84.3 Å². The van der Waals surface area contributed by atoms with E-state index in [0.29, 0.717) is 33.2 Å². The minimum atomic E-state index is -1.19. The number of hydrogen-bond acceptors (Lipinski definition) is 9. The number of benzene rings is 4. The fourth-order valence-corrected chi connectivity index (χ4v) is 6.49. The largest absolute Gasteiger partial charge is 0.488 e. The predicted octanol–water partition coefficient (Wildman–Crippen LogP) is 8.05. The molecule has 0 spiro atoms. The van der Waals surface area contributed by atoms with Gasteiger partial charge in [0.1, 0.15) is 36.3 Å². The number of aromatic nitrogens is 4. The Morgan fingerprint density at radius 1 is 0.875 bits per heavy atom. The molecular formula is C44H44ClN7O4. The minimum absolute atomic E-state index is 0.130. The molecule has 12 heteroatoms. The van der Waals surface area contributed by atoms with Gasteiger partial charge in [-0.15, -0.1) is 5.10 Å². The van der Waals surface area contributed by atoms with Crippen LogP contribution in [0, 0.1) is 25.2 Å². The van der Waals surface area contributed by atoms with Gasteiger partial charge in [-0.1, -0.05) is 77.5 Å². The van der Waals surface area contributed by atoms with Gasteiger partial charge < -0.3 is 19.9 Å². The lowest BCUT2D eigenvalue weighted by Gasteiger charge is -2.23. The van der Waals surface area contributed by atoms with Crippen molar-refractivity contribution in [2.45, 2.75) is 66.1 Å². The van der Waals surface area contributed by atoms with Crippen LogP contribution in [0.4, 0.5) is 0 Å². The number of nitriles is 1. The van der Waals surface area contributed by atoms with Crippen molar-refractivity contribution < 1.29 is 19.4 Å². The highest BCUT2D eigenvalue weighted by atomic mass is 35.5. The van der Waals surface area contributed by atoms with Crippen LogP contribution < -0.4 is 20.1 Å². The van der Waals surface area contributed by atoms with Crippen molar-refractivity contribution in [3.8, 4) is 39.8 Å². The SMILES string of the molecule is Cc1c(COc2cc(OCc3cncc(C#N)c3)c(CNC(C)(C)C(=O)O)cc2Cl)cccc1-c1cccc(-c2ccc(CNCCn3ccnn3)cc2)c1C. The van der Waals surface area contributed by atoms with Gasteiger partial charge in [-0.25, -0.2) is 0 Å². The Labute approximate surface area is 331 Å². The van der Waals surface area contributed by atoms with Crippen molar-refractivity contribution in [2.24, 2.45) is 0 Å². The molecule has 56 heavy (non-hydrogen) atoms. The second-order valence-electron chi connectivity index (χ2n) is 14.1.